The molecule has 2 aromatic carbocycles. The quantitative estimate of drug-likeness (QED) is 0.862. The van der Waals surface area contributed by atoms with E-state index in [2.05, 4.69) is 0 Å². The lowest BCUT2D eigenvalue weighted by molar-refractivity contribution is -0.128. The number of fused-ring (bicyclic) bond motifs is 1. The van der Waals surface area contributed by atoms with Crippen molar-refractivity contribution in [1.29, 1.82) is 0 Å². The molecule has 0 bridgehead atoms. The van der Waals surface area contributed by atoms with Crippen LogP contribution in [0.5, 0.6) is 5.75 Å². The molecule has 23 heavy (non-hydrogen) atoms. The molecule has 2 aromatic rings. The van der Waals surface area contributed by atoms with E-state index < -0.39 is 0 Å². The number of nitrogens with zero attached hydrogens (tertiary/aromatic N) is 1. The van der Waals surface area contributed by atoms with Gasteiger partial charge in [0, 0.05) is 12.6 Å². The fraction of sp³-hybridized carbons (Fsp3) is 0.211. The van der Waals surface area contributed by atoms with Gasteiger partial charge in [0.05, 0.1) is 11.6 Å². The van der Waals surface area contributed by atoms with Gasteiger partial charge >= 0.3 is 0 Å². The van der Waals surface area contributed by atoms with Gasteiger partial charge in [0.25, 0.3) is 5.91 Å². The first kappa shape index (κ1) is 15.3. The highest BCUT2D eigenvalue weighted by Crippen LogP contribution is 2.28. The zero-order valence-electron chi connectivity index (χ0n) is 13.1. The molecule has 1 aliphatic heterocycles. The summed E-state index contributed by atoms with van der Waals surface area (Å²) >= 11 is 0. The van der Waals surface area contributed by atoms with Crippen LogP contribution in [0.3, 0.4) is 0 Å². The number of likely N-dealkylation sites (N-methyl/N-ethyl adjacent to an activating group) is 1. The van der Waals surface area contributed by atoms with E-state index in [-0.39, 0.29) is 24.4 Å². The minimum atomic E-state index is -0.282. The Balaban J connectivity index is 1.80. The van der Waals surface area contributed by atoms with Crippen molar-refractivity contribution in [1.82, 2.24) is 4.90 Å². The first-order chi connectivity index (χ1) is 11.1. The van der Waals surface area contributed by atoms with Crippen LogP contribution in [0, 0.1) is 5.82 Å². The average Bonchev–Trinajstić information content (AvgIpc) is 2.60. The van der Waals surface area contributed by atoms with Crippen molar-refractivity contribution >= 4 is 12.0 Å². The maximum absolute atomic E-state index is 13.0. The van der Waals surface area contributed by atoms with Crippen LogP contribution in [0.2, 0.25) is 0 Å². The molecule has 118 valence electrons. The van der Waals surface area contributed by atoms with E-state index in [0.29, 0.717) is 5.57 Å². The zero-order chi connectivity index (χ0) is 16.4. The minimum Gasteiger partial charge on any atom is -0.488 e. The lowest BCUT2D eigenvalue weighted by atomic mass is 10.0. The fourth-order valence-corrected chi connectivity index (χ4v) is 2.61. The van der Waals surface area contributed by atoms with Crippen molar-refractivity contribution in [2.45, 2.75) is 13.0 Å². The first-order valence-corrected chi connectivity index (χ1v) is 7.51. The van der Waals surface area contributed by atoms with Gasteiger partial charge in [0.2, 0.25) is 0 Å². The van der Waals surface area contributed by atoms with Gasteiger partial charge in [-0.25, -0.2) is 4.39 Å². The Morgan fingerprint density at radius 2 is 1.87 bits per heavy atom. The molecule has 0 aromatic heterocycles. The van der Waals surface area contributed by atoms with E-state index >= 15 is 0 Å². The molecule has 1 atom stereocenters. The second-order valence-corrected chi connectivity index (χ2v) is 5.64. The third kappa shape index (κ3) is 3.11. The van der Waals surface area contributed by atoms with Gasteiger partial charge in [-0.05, 0) is 36.8 Å². The number of carbonyl (C=O) groups excluding carboxylic acids is 1. The SMILES string of the molecule is CC(c1ccc(F)cc1)N(C)C(=O)C1=Cc2ccccc2OC1. The summed E-state index contributed by atoms with van der Waals surface area (Å²) in [5, 5.41) is 0. The Morgan fingerprint density at radius 1 is 1.17 bits per heavy atom. The van der Waals surface area contributed by atoms with Crippen molar-refractivity contribution in [2.75, 3.05) is 13.7 Å². The smallest absolute Gasteiger partial charge is 0.253 e. The standard InChI is InChI=1S/C19H18FNO2/c1-13(14-7-9-17(20)10-8-14)21(2)19(22)16-11-15-5-3-4-6-18(15)23-12-16/h3-11,13H,12H2,1-2H3. The summed E-state index contributed by atoms with van der Waals surface area (Å²) in [7, 11) is 1.75. The van der Waals surface area contributed by atoms with E-state index in [0.717, 1.165) is 16.9 Å². The minimum absolute atomic E-state index is 0.0867. The Labute approximate surface area is 135 Å². The highest BCUT2D eigenvalue weighted by Gasteiger charge is 2.23. The summed E-state index contributed by atoms with van der Waals surface area (Å²) in [5.41, 5.74) is 2.41. The van der Waals surface area contributed by atoms with Gasteiger partial charge in [-0.3, -0.25) is 4.79 Å². The highest BCUT2D eigenvalue weighted by atomic mass is 19.1. The predicted molar refractivity (Wildman–Crippen MR) is 87.5 cm³/mol. The summed E-state index contributed by atoms with van der Waals surface area (Å²) in [6.07, 6.45) is 1.87. The van der Waals surface area contributed by atoms with Crippen LogP contribution in [0.15, 0.2) is 54.1 Å². The van der Waals surface area contributed by atoms with Gasteiger partial charge in [0.1, 0.15) is 18.2 Å². The molecular formula is C19H18FNO2. The fourth-order valence-electron chi connectivity index (χ4n) is 2.61. The van der Waals surface area contributed by atoms with Crippen LogP contribution in [0.1, 0.15) is 24.1 Å². The highest BCUT2D eigenvalue weighted by molar-refractivity contribution is 5.99. The Hall–Kier alpha value is -2.62. The van der Waals surface area contributed by atoms with Crippen molar-refractivity contribution < 1.29 is 13.9 Å². The monoisotopic (exact) mass is 311 g/mol. The van der Waals surface area contributed by atoms with Crippen LogP contribution in [-0.4, -0.2) is 24.5 Å². The largest absolute Gasteiger partial charge is 0.488 e. The number of hydrogen-bond acceptors (Lipinski definition) is 2. The van der Waals surface area contributed by atoms with Crippen LogP contribution in [-0.2, 0) is 4.79 Å². The summed E-state index contributed by atoms with van der Waals surface area (Å²) in [4.78, 5) is 14.3. The molecule has 0 spiro atoms. The second-order valence-electron chi connectivity index (χ2n) is 5.64. The molecular weight excluding hydrogens is 293 g/mol. The number of amides is 1. The number of halogens is 1. The van der Waals surface area contributed by atoms with Crippen molar-refractivity contribution in [3.8, 4) is 5.75 Å². The Kier molecular flexibility index (Phi) is 4.15. The van der Waals surface area contributed by atoms with E-state index in [1.807, 2.05) is 37.3 Å². The molecule has 0 N–H and O–H groups in total. The van der Waals surface area contributed by atoms with Gasteiger partial charge in [-0.2, -0.15) is 0 Å². The summed E-state index contributed by atoms with van der Waals surface area (Å²) < 4.78 is 18.7. The molecule has 1 unspecified atom stereocenters. The molecule has 0 saturated heterocycles. The number of para-hydroxylation sites is 1. The number of ether oxygens (including phenoxy) is 1. The molecule has 3 nitrogen and oxygen atoms in total. The Bertz CT molecular complexity index is 752. The normalized spacial score (nSPS) is 14.3. The predicted octanol–water partition coefficient (Wildman–Crippen LogP) is 3.82. The van der Waals surface area contributed by atoms with E-state index in [4.69, 9.17) is 4.74 Å². The lowest BCUT2D eigenvalue weighted by Crippen LogP contribution is -2.33. The lowest BCUT2D eigenvalue weighted by Gasteiger charge is -2.28. The van der Waals surface area contributed by atoms with Crippen molar-refractivity contribution in [3.63, 3.8) is 0 Å². The zero-order valence-corrected chi connectivity index (χ0v) is 13.1. The molecule has 0 aliphatic carbocycles. The summed E-state index contributed by atoms with van der Waals surface area (Å²) in [6, 6.07) is 13.7. The summed E-state index contributed by atoms with van der Waals surface area (Å²) in [6.45, 7) is 2.18. The maximum Gasteiger partial charge on any atom is 0.253 e. The Morgan fingerprint density at radius 3 is 2.61 bits per heavy atom. The number of carbonyl (C=O) groups is 1. The molecule has 0 fully saturated rings. The van der Waals surface area contributed by atoms with Crippen molar-refractivity contribution in [3.05, 3.63) is 71.0 Å². The molecule has 4 heteroatoms. The maximum atomic E-state index is 13.0. The van der Waals surface area contributed by atoms with Crippen LogP contribution in [0.25, 0.3) is 6.08 Å². The molecule has 1 heterocycles. The molecule has 0 saturated carbocycles. The third-order valence-electron chi connectivity index (χ3n) is 4.16. The first-order valence-electron chi connectivity index (χ1n) is 7.51. The molecule has 0 radical (unpaired) electrons. The van der Waals surface area contributed by atoms with Crippen LogP contribution < -0.4 is 4.74 Å². The third-order valence-corrected chi connectivity index (χ3v) is 4.16. The number of benzene rings is 2. The van der Waals surface area contributed by atoms with Crippen LogP contribution in [0.4, 0.5) is 4.39 Å². The van der Waals surface area contributed by atoms with Gasteiger partial charge in [-0.15, -0.1) is 0 Å². The molecule has 3 rings (SSSR count). The van der Waals surface area contributed by atoms with E-state index in [1.165, 1.54) is 12.1 Å². The van der Waals surface area contributed by atoms with Gasteiger partial charge in [-0.1, -0.05) is 30.3 Å². The van der Waals surface area contributed by atoms with Crippen LogP contribution >= 0.6 is 0 Å². The molecule has 1 amide bonds. The molecule has 1 aliphatic rings. The number of hydrogen-bond donors (Lipinski definition) is 0. The second kappa shape index (κ2) is 6.24. The van der Waals surface area contributed by atoms with E-state index in [9.17, 15) is 9.18 Å². The number of rotatable bonds is 3. The average molecular weight is 311 g/mol. The van der Waals surface area contributed by atoms with Crippen molar-refractivity contribution in [2.24, 2.45) is 0 Å². The summed E-state index contributed by atoms with van der Waals surface area (Å²) in [5.74, 6) is 0.421. The van der Waals surface area contributed by atoms with E-state index in [1.54, 1.807) is 24.1 Å². The van der Waals surface area contributed by atoms with Gasteiger partial charge in [0.15, 0.2) is 0 Å². The van der Waals surface area contributed by atoms with Gasteiger partial charge < -0.3 is 9.64 Å². The topological polar surface area (TPSA) is 29.5 Å².